The Hall–Kier alpha value is -0.670. The van der Waals surface area contributed by atoms with Gasteiger partial charge in [0.2, 0.25) is 0 Å². The molecule has 0 heterocycles. The molecule has 0 saturated carbocycles. The van der Waals surface area contributed by atoms with E-state index in [0.29, 0.717) is 6.92 Å². The molecule has 0 aromatic rings. The molecule has 1 atom stereocenters. The number of hydrogen-bond donors (Lipinski definition) is 1. The van der Waals surface area contributed by atoms with E-state index in [1.54, 1.807) is 6.92 Å². The van der Waals surface area contributed by atoms with Gasteiger partial charge in [-0.25, -0.2) is 0 Å². The average molecular weight is 193 g/mol. The summed E-state index contributed by atoms with van der Waals surface area (Å²) < 4.78 is 24.9. The van der Waals surface area contributed by atoms with Crippen molar-refractivity contribution >= 4 is 5.91 Å². The van der Waals surface area contributed by atoms with Crippen LogP contribution in [-0.4, -0.2) is 17.9 Å². The fraction of sp³-hybridized carbons (Fsp3) is 0.889. The Bertz CT molecular complexity index is 191. The molecule has 0 spiro atoms. The predicted molar refractivity (Wildman–Crippen MR) is 47.7 cm³/mol. The molecular weight excluding hydrogens is 176 g/mol. The zero-order valence-corrected chi connectivity index (χ0v) is 8.74. The number of nitrogens with one attached hydrogen (secondary N) is 1. The van der Waals surface area contributed by atoms with Gasteiger partial charge in [0.25, 0.3) is 5.91 Å². The number of amides is 1. The number of rotatable bonds is 2. The van der Waals surface area contributed by atoms with E-state index in [4.69, 9.17) is 0 Å². The fourth-order valence-corrected chi connectivity index (χ4v) is 0.540. The zero-order chi connectivity index (χ0) is 10.9. The molecule has 0 aliphatic rings. The molecule has 0 aromatic carbocycles. The molecule has 0 radical (unpaired) electrons. The summed E-state index contributed by atoms with van der Waals surface area (Å²) in [6.07, 6.45) is 0. The van der Waals surface area contributed by atoms with Crippen molar-refractivity contribution < 1.29 is 13.6 Å². The van der Waals surface area contributed by atoms with Crippen LogP contribution in [0.15, 0.2) is 0 Å². The molecule has 0 bridgehead atoms. The van der Waals surface area contributed by atoms with Crippen LogP contribution in [0.5, 0.6) is 0 Å². The second kappa shape index (κ2) is 3.60. The SMILES string of the molecule is CC(NC(=O)C(C)(F)F)C(C)(C)C. The monoisotopic (exact) mass is 193 g/mol. The molecule has 13 heavy (non-hydrogen) atoms. The van der Waals surface area contributed by atoms with Gasteiger partial charge in [0.1, 0.15) is 0 Å². The van der Waals surface area contributed by atoms with Gasteiger partial charge in [0, 0.05) is 13.0 Å². The van der Waals surface area contributed by atoms with E-state index in [-0.39, 0.29) is 11.5 Å². The van der Waals surface area contributed by atoms with Crippen molar-refractivity contribution in [1.29, 1.82) is 0 Å². The van der Waals surface area contributed by atoms with Gasteiger partial charge in [0.15, 0.2) is 0 Å². The normalized spacial score (nSPS) is 15.3. The van der Waals surface area contributed by atoms with E-state index in [1.165, 1.54) is 0 Å². The first-order valence-electron chi connectivity index (χ1n) is 4.24. The third-order valence-electron chi connectivity index (χ3n) is 2.05. The smallest absolute Gasteiger partial charge is 0.321 e. The van der Waals surface area contributed by atoms with Crippen molar-refractivity contribution in [3.63, 3.8) is 0 Å². The van der Waals surface area contributed by atoms with Crippen molar-refractivity contribution in [1.82, 2.24) is 5.32 Å². The van der Waals surface area contributed by atoms with Crippen LogP contribution in [-0.2, 0) is 4.79 Å². The van der Waals surface area contributed by atoms with Gasteiger partial charge in [-0.3, -0.25) is 4.79 Å². The lowest BCUT2D eigenvalue weighted by atomic mass is 9.88. The van der Waals surface area contributed by atoms with Gasteiger partial charge in [-0.15, -0.1) is 0 Å². The Morgan fingerprint density at radius 3 is 1.85 bits per heavy atom. The van der Waals surface area contributed by atoms with Crippen molar-refractivity contribution in [2.24, 2.45) is 5.41 Å². The van der Waals surface area contributed by atoms with E-state index < -0.39 is 11.8 Å². The van der Waals surface area contributed by atoms with Crippen molar-refractivity contribution in [3.8, 4) is 0 Å². The topological polar surface area (TPSA) is 29.1 Å². The van der Waals surface area contributed by atoms with Gasteiger partial charge in [-0.2, -0.15) is 8.78 Å². The van der Waals surface area contributed by atoms with Crippen LogP contribution < -0.4 is 5.32 Å². The van der Waals surface area contributed by atoms with Gasteiger partial charge >= 0.3 is 5.92 Å². The van der Waals surface area contributed by atoms with E-state index >= 15 is 0 Å². The molecule has 4 heteroatoms. The number of halogens is 2. The summed E-state index contributed by atoms with van der Waals surface area (Å²) >= 11 is 0. The molecule has 0 aliphatic heterocycles. The van der Waals surface area contributed by atoms with Crippen LogP contribution in [0, 0.1) is 5.41 Å². The summed E-state index contributed by atoms with van der Waals surface area (Å²) in [7, 11) is 0. The lowest BCUT2D eigenvalue weighted by molar-refractivity contribution is -0.144. The van der Waals surface area contributed by atoms with Gasteiger partial charge in [-0.1, -0.05) is 20.8 Å². The highest BCUT2D eigenvalue weighted by Crippen LogP contribution is 2.20. The molecule has 78 valence electrons. The Kier molecular flexibility index (Phi) is 3.41. The van der Waals surface area contributed by atoms with Crippen molar-refractivity contribution in [2.45, 2.75) is 46.6 Å². The Labute approximate surface area is 77.7 Å². The van der Waals surface area contributed by atoms with Gasteiger partial charge < -0.3 is 5.32 Å². The number of carbonyl (C=O) groups is 1. The molecule has 0 rings (SSSR count). The van der Waals surface area contributed by atoms with Gasteiger partial charge in [0.05, 0.1) is 0 Å². The van der Waals surface area contributed by atoms with Crippen LogP contribution in [0.1, 0.15) is 34.6 Å². The molecule has 1 N–H and O–H groups in total. The van der Waals surface area contributed by atoms with Crippen molar-refractivity contribution in [2.75, 3.05) is 0 Å². The van der Waals surface area contributed by atoms with E-state index in [1.807, 2.05) is 20.8 Å². The molecule has 0 saturated heterocycles. The first-order valence-corrected chi connectivity index (χ1v) is 4.24. The third kappa shape index (κ3) is 4.20. The minimum Gasteiger partial charge on any atom is -0.348 e. The average Bonchev–Trinajstić information content (AvgIpc) is 1.82. The standard InChI is InChI=1S/C9H17F2NO/c1-6(8(2,3)4)12-7(13)9(5,10)11/h6H,1-5H3,(H,12,13). The highest BCUT2D eigenvalue weighted by atomic mass is 19.3. The Balaban J connectivity index is 4.24. The second-order valence-electron chi connectivity index (χ2n) is 4.45. The fourth-order valence-electron chi connectivity index (χ4n) is 0.540. The molecule has 0 fully saturated rings. The van der Waals surface area contributed by atoms with Crippen LogP contribution in [0.2, 0.25) is 0 Å². The summed E-state index contributed by atoms with van der Waals surface area (Å²) in [6.45, 7) is 7.95. The maximum absolute atomic E-state index is 12.5. The lowest BCUT2D eigenvalue weighted by Gasteiger charge is -2.28. The van der Waals surface area contributed by atoms with Crippen LogP contribution in [0.4, 0.5) is 8.78 Å². The van der Waals surface area contributed by atoms with Crippen molar-refractivity contribution in [3.05, 3.63) is 0 Å². The summed E-state index contributed by atoms with van der Waals surface area (Å²) in [6, 6.07) is -0.272. The maximum Gasteiger partial charge on any atom is 0.321 e. The third-order valence-corrected chi connectivity index (χ3v) is 2.05. The predicted octanol–water partition coefficient (Wildman–Crippen LogP) is 2.19. The minimum atomic E-state index is -3.29. The highest BCUT2D eigenvalue weighted by Gasteiger charge is 2.34. The number of hydrogen-bond acceptors (Lipinski definition) is 1. The Morgan fingerprint density at radius 1 is 1.23 bits per heavy atom. The quantitative estimate of drug-likeness (QED) is 0.715. The second-order valence-corrected chi connectivity index (χ2v) is 4.45. The molecule has 0 aromatic heterocycles. The largest absolute Gasteiger partial charge is 0.348 e. The van der Waals surface area contributed by atoms with Crippen LogP contribution in [0.3, 0.4) is 0 Å². The summed E-state index contributed by atoms with van der Waals surface area (Å²) in [5.41, 5.74) is -0.207. The van der Waals surface area contributed by atoms with Gasteiger partial charge in [-0.05, 0) is 12.3 Å². The number of carbonyl (C=O) groups excluding carboxylic acids is 1. The lowest BCUT2D eigenvalue weighted by Crippen LogP contribution is -2.47. The first-order chi connectivity index (χ1) is 5.55. The molecule has 1 unspecified atom stereocenters. The molecule has 1 amide bonds. The number of alkyl halides is 2. The minimum absolute atomic E-state index is 0.207. The van der Waals surface area contributed by atoms with E-state index in [2.05, 4.69) is 5.32 Å². The highest BCUT2D eigenvalue weighted by molar-refractivity contribution is 5.83. The molecule has 0 aliphatic carbocycles. The van der Waals surface area contributed by atoms with E-state index in [0.717, 1.165) is 0 Å². The molecular formula is C9H17F2NO. The van der Waals surface area contributed by atoms with Crippen LogP contribution >= 0.6 is 0 Å². The first kappa shape index (κ1) is 12.3. The van der Waals surface area contributed by atoms with E-state index in [9.17, 15) is 13.6 Å². The Morgan fingerprint density at radius 2 is 1.62 bits per heavy atom. The zero-order valence-electron chi connectivity index (χ0n) is 8.74. The van der Waals surface area contributed by atoms with Crippen LogP contribution in [0.25, 0.3) is 0 Å². The summed E-state index contributed by atoms with van der Waals surface area (Å²) in [5.74, 6) is -4.51. The summed E-state index contributed by atoms with van der Waals surface area (Å²) in [4.78, 5) is 10.9. The molecule has 2 nitrogen and oxygen atoms in total. The maximum atomic E-state index is 12.5. The summed E-state index contributed by atoms with van der Waals surface area (Å²) in [5, 5.41) is 2.27.